The monoisotopic (exact) mass is 224 g/mol. The quantitative estimate of drug-likeness (QED) is 0.680. The Bertz CT molecular complexity index is 346. The Hall–Kier alpha value is -1.36. The molecule has 5 nitrogen and oxygen atoms in total. The molecule has 0 atom stereocenters. The summed E-state index contributed by atoms with van der Waals surface area (Å²) in [4.78, 5) is 11.1. The Morgan fingerprint density at radius 3 is 2.81 bits per heavy atom. The van der Waals surface area contributed by atoms with E-state index in [0.29, 0.717) is 13.1 Å². The second-order valence-corrected chi connectivity index (χ2v) is 3.88. The lowest BCUT2D eigenvalue weighted by molar-refractivity contribution is -0.120. The highest BCUT2D eigenvalue weighted by Gasteiger charge is 2.01. The molecule has 0 saturated carbocycles. The van der Waals surface area contributed by atoms with Crippen molar-refractivity contribution in [3.8, 4) is 0 Å². The predicted octanol–water partition coefficient (Wildman–Crippen LogP) is 0.226. The van der Waals surface area contributed by atoms with Crippen LogP contribution in [0.2, 0.25) is 0 Å². The van der Waals surface area contributed by atoms with E-state index < -0.39 is 0 Å². The minimum absolute atomic E-state index is 0.0378. The minimum Gasteiger partial charge on any atom is -0.355 e. The molecule has 2 N–H and O–H groups in total. The number of likely N-dealkylation sites (N-methyl/N-ethyl adjacent to an activating group) is 1. The van der Waals surface area contributed by atoms with Gasteiger partial charge in [-0.1, -0.05) is 0 Å². The molecule has 0 fully saturated rings. The summed E-state index contributed by atoms with van der Waals surface area (Å²) >= 11 is 0. The first-order chi connectivity index (χ1) is 7.63. The number of hydrogen-bond donors (Lipinski definition) is 2. The molecule has 90 valence electrons. The molecular formula is C11H20N4O. The molecular weight excluding hydrogens is 204 g/mol. The van der Waals surface area contributed by atoms with Crippen molar-refractivity contribution in [2.24, 2.45) is 0 Å². The summed E-state index contributed by atoms with van der Waals surface area (Å²) in [6, 6.07) is 2.06. The van der Waals surface area contributed by atoms with Crippen LogP contribution in [0.15, 0.2) is 6.07 Å². The molecule has 0 aliphatic rings. The van der Waals surface area contributed by atoms with Crippen LogP contribution in [0, 0.1) is 13.8 Å². The Labute approximate surface area is 96.2 Å². The van der Waals surface area contributed by atoms with E-state index in [9.17, 15) is 4.79 Å². The van der Waals surface area contributed by atoms with Gasteiger partial charge in [0.25, 0.3) is 0 Å². The average Bonchev–Trinajstić information content (AvgIpc) is 2.53. The van der Waals surface area contributed by atoms with Crippen LogP contribution in [0.4, 0.5) is 0 Å². The van der Waals surface area contributed by atoms with Gasteiger partial charge in [0.05, 0.1) is 12.2 Å². The topological polar surface area (TPSA) is 59.0 Å². The zero-order valence-corrected chi connectivity index (χ0v) is 10.2. The van der Waals surface area contributed by atoms with Gasteiger partial charge in [0, 0.05) is 18.8 Å². The van der Waals surface area contributed by atoms with E-state index in [4.69, 9.17) is 0 Å². The Balaban J connectivity index is 2.21. The fourth-order valence-corrected chi connectivity index (χ4v) is 1.58. The van der Waals surface area contributed by atoms with Crippen LogP contribution in [0.1, 0.15) is 17.8 Å². The lowest BCUT2D eigenvalue weighted by Gasteiger charge is -2.06. The van der Waals surface area contributed by atoms with Gasteiger partial charge in [-0.3, -0.25) is 9.48 Å². The highest BCUT2D eigenvalue weighted by atomic mass is 16.1. The number of carbonyl (C=O) groups is 1. The number of nitrogens with zero attached hydrogens (tertiary/aromatic N) is 2. The first-order valence-electron chi connectivity index (χ1n) is 5.56. The third-order valence-electron chi connectivity index (χ3n) is 2.31. The maximum absolute atomic E-state index is 11.1. The third kappa shape index (κ3) is 4.02. The minimum atomic E-state index is 0.0378. The molecule has 1 aromatic heterocycles. The molecule has 0 spiro atoms. The van der Waals surface area contributed by atoms with Crippen molar-refractivity contribution in [1.29, 1.82) is 0 Å². The molecule has 0 aliphatic heterocycles. The summed E-state index contributed by atoms with van der Waals surface area (Å²) in [5, 5.41) is 10.0. The number of amides is 1. The Morgan fingerprint density at radius 1 is 1.50 bits per heavy atom. The SMILES string of the molecule is CNCC(=O)NCCCn1nc(C)cc1C. The van der Waals surface area contributed by atoms with E-state index >= 15 is 0 Å². The number of aromatic nitrogens is 2. The molecule has 1 heterocycles. The van der Waals surface area contributed by atoms with Gasteiger partial charge >= 0.3 is 0 Å². The van der Waals surface area contributed by atoms with Crippen molar-refractivity contribution in [3.05, 3.63) is 17.5 Å². The van der Waals surface area contributed by atoms with Gasteiger partial charge in [0.1, 0.15) is 0 Å². The molecule has 1 aromatic rings. The maximum Gasteiger partial charge on any atom is 0.233 e. The molecule has 0 aromatic carbocycles. The van der Waals surface area contributed by atoms with Gasteiger partial charge in [-0.05, 0) is 33.4 Å². The van der Waals surface area contributed by atoms with Crippen molar-refractivity contribution in [1.82, 2.24) is 20.4 Å². The van der Waals surface area contributed by atoms with Crippen molar-refractivity contribution in [2.75, 3.05) is 20.1 Å². The van der Waals surface area contributed by atoms with Crippen LogP contribution in [0.3, 0.4) is 0 Å². The smallest absolute Gasteiger partial charge is 0.233 e. The molecule has 0 unspecified atom stereocenters. The van der Waals surface area contributed by atoms with Crippen LogP contribution < -0.4 is 10.6 Å². The van der Waals surface area contributed by atoms with Gasteiger partial charge in [0.2, 0.25) is 5.91 Å². The van der Waals surface area contributed by atoms with Crippen LogP contribution >= 0.6 is 0 Å². The number of carbonyl (C=O) groups excluding carboxylic acids is 1. The highest BCUT2D eigenvalue weighted by molar-refractivity contribution is 5.77. The maximum atomic E-state index is 11.1. The summed E-state index contributed by atoms with van der Waals surface area (Å²) in [7, 11) is 1.76. The summed E-state index contributed by atoms with van der Waals surface area (Å²) in [6.07, 6.45) is 0.900. The standard InChI is InChI=1S/C11H20N4O/c1-9-7-10(2)15(14-9)6-4-5-13-11(16)8-12-3/h7,12H,4-6,8H2,1-3H3,(H,13,16). The summed E-state index contributed by atoms with van der Waals surface area (Å²) in [6.45, 7) is 5.94. The first kappa shape index (κ1) is 12.7. The van der Waals surface area contributed by atoms with Crippen molar-refractivity contribution in [3.63, 3.8) is 0 Å². The van der Waals surface area contributed by atoms with E-state index in [1.165, 1.54) is 5.69 Å². The van der Waals surface area contributed by atoms with Crippen molar-refractivity contribution >= 4 is 5.91 Å². The summed E-state index contributed by atoms with van der Waals surface area (Å²) in [5.41, 5.74) is 2.20. The van der Waals surface area contributed by atoms with Crippen LogP contribution in [-0.2, 0) is 11.3 Å². The van der Waals surface area contributed by atoms with Gasteiger partial charge in [0.15, 0.2) is 0 Å². The van der Waals surface area contributed by atoms with E-state index in [2.05, 4.69) is 21.8 Å². The number of aryl methyl sites for hydroxylation is 3. The zero-order valence-electron chi connectivity index (χ0n) is 10.2. The second kappa shape index (κ2) is 6.27. The Kier molecular flexibility index (Phi) is 4.98. The average molecular weight is 224 g/mol. The number of hydrogen-bond acceptors (Lipinski definition) is 3. The fraction of sp³-hybridized carbons (Fsp3) is 0.636. The first-order valence-corrected chi connectivity index (χ1v) is 5.56. The lowest BCUT2D eigenvalue weighted by atomic mass is 10.4. The Morgan fingerprint density at radius 2 is 2.25 bits per heavy atom. The fourth-order valence-electron chi connectivity index (χ4n) is 1.58. The molecule has 1 amide bonds. The van der Waals surface area contributed by atoms with Gasteiger partial charge in [-0.15, -0.1) is 0 Å². The van der Waals surface area contributed by atoms with Gasteiger partial charge < -0.3 is 10.6 Å². The molecule has 0 saturated heterocycles. The normalized spacial score (nSPS) is 10.4. The van der Waals surface area contributed by atoms with E-state index in [-0.39, 0.29) is 5.91 Å². The van der Waals surface area contributed by atoms with Gasteiger partial charge in [-0.25, -0.2) is 0 Å². The van der Waals surface area contributed by atoms with E-state index in [0.717, 1.165) is 18.7 Å². The van der Waals surface area contributed by atoms with Crippen LogP contribution in [0.5, 0.6) is 0 Å². The third-order valence-corrected chi connectivity index (χ3v) is 2.31. The van der Waals surface area contributed by atoms with Crippen LogP contribution in [-0.4, -0.2) is 35.8 Å². The molecule has 0 bridgehead atoms. The van der Waals surface area contributed by atoms with Gasteiger partial charge in [-0.2, -0.15) is 5.10 Å². The molecule has 5 heteroatoms. The number of nitrogens with one attached hydrogen (secondary N) is 2. The van der Waals surface area contributed by atoms with E-state index in [1.54, 1.807) is 7.05 Å². The van der Waals surface area contributed by atoms with E-state index in [1.807, 2.05) is 18.5 Å². The largest absolute Gasteiger partial charge is 0.355 e. The van der Waals surface area contributed by atoms with Crippen LogP contribution in [0.25, 0.3) is 0 Å². The zero-order chi connectivity index (χ0) is 12.0. The van der Waals surface area contributed by atoms with Crippen molar-refractivity contribution in [2.45, 2.75) is 26.8 Å². The second-order valence-electron chi connectivity index (χ2n) is 3.88. The summed E-state index contributed by atoms with van der Waals surface area (Å²) in [5.74, 6) is 0.0378. The molecule has 0 radical (unpaired) electrons. The molecule has 16 heavy (non-hydrogen) atoms. The number of rotatable bonds is 6. The summed E-state index contributed by atoms with van der Waals surface area (Å²) < 4.78 is 1.97. The highest BCUT2D eigenvalue weighted by Crippen LogP contribution is 2.01. The molecule has 0 aliphatic carbocycles. The predicted molar refractivity (Wildman–Crippen MR) is 63.3 cm³/mol. The van der Waals surface area contributed by atoms with Crippen molar-refractivity contribution < 1.29 is 4.79 Å². The molecule has 1 rings (SSSR count). The lowest BCUT2D eigenvalue weighted by Crippen LogP contribution is -2.33.